The molecule has 28 heavy (non-hydrogen) atoms. The molecule has 8 nitrogen and oxygen atoms in total. The van der Waals surface area contributed by atoms with Crippen molar-refractivity contribution >= 4 is 21.8 Å². The quantitative estimate of drug-likeness (QED) is 0.663. The lowest BCUT2D eigenvalue weighted by atomic mass is 10.1. The Morgan fingerprint density at radius 2 is 1.79 bits per heavy atom. The van der Waals surface area contributed by atoms with E-state index in [1.807, 2.05) is 30.7 Å². The summed E-state index contributed by atoms with van der Waals surface area (Å²) in [6, 6.07) is 3.83. The molecule has 4 rings (SSSR count). The molecule has 0 radical (unpaired) electrons. The van der Waals surface area contributed by atoms with Gasteiger partial charge in [-0.25, -0.2) is 4.68 Å². The predicted octanol–water partition coefficient (Wildman–Crippen LogP) is 1.55. The van der Waals surface area contributed by atoms with Gasteiger partial charge >= 0.3 is 0 Å². The fourth-order valence-corrected chi connectivity index (χ4v) is 3.99. The van der Waals surface area contributed by atoms with Crippen LogP contribution >= 0.6 is 0 Å². The van der Waals surface area contributed by atoms with E-state index < -0.39 is 0 Å². The first-order valence-electron chi connectivity index (χ1n) is 9.47. The molecule has 8 heteroatoms. The average molecular weight is 386 g/mol. The van der Waals surface area contributed by atoms with Gasteiger partial charge in [0.05, 0.1) is 45.2 Å². The van der Waals surface area contributed by atoms with E-state index in [0.717, 1.165) is 54.8 Å². The highest BCUT2D eigenvalue weighted by atomic mass is 16.5. The molecule has 150 valence electrons. The summed E-state index contributed by atoms with van der Waals surface area (Å²) in [5.74, 6) is 1.28. The van der Waals surface area contributed by atoms with Crippen molar-refractivity contribution in [3.05, 3.63) is 28.2 Å². The van der Waals surface area contributed by atoms with Crippen LogP contribution in [0.25, 0.3) is 21.8 Å². The summed E-state index contributed by atoms with van der Waals surface area (Å²) in [5, 5.41) is 6.42. The molecule has 0 bridgehead atoms. The zero-order valence-corrected chi connectivity index (χ0v) is 16.8. The van der Waals surface area contributed by atoms with Gasteiger partial charge in [0.25, 0.3) is 5.56 Å². The molecule has 1 aromatic carbocycles. The number of hydrogen-bond donors (Lipinski definition) is 0. The standard InChI is InChI=1S/C20H26N4O4/c1-13-18-14-11-16(26-3)17(27-4)12-15(14)22(2)19(18)20(25)24(21-13)6-5-23-7-9-28-10-8-23/h11-12H,5-10H2,1-4H3. The van der Waals surface area contributed by atoms with Crippen LogP contribution in [0.2, 0.25) is 0 Å². The first-order valence-corrected chi connectivity index (χ1v) is 9.47. The number of benzene rings is 1. The number of ether oxygens (including phenoxy) is 3. The number of fused-ring (bicyclic) bond motifs is 3. The Morgan fingerprint density at radius 3 is 2.46 bits per heavy atom. The third-order valence-electron chi connectivity index (χ3n) is 5.51. The summed E-state index contributed by atoms with van der Waals surface area (Å²) in [6.07, 6.45) is 0. The Morgan fingerprint density at radius 1 is 1.11 bits per heavy atom. The number of methoxy groups -OCH3 is 2. The van der Waals surface area contributed by atoms with Crippen LogP contribution < -0.4 is 15.0 Å². The molecule has 0 N–H and O–H groups in total. The Hall–Kier alpha value is -2.58. The Labute approximate surface area is 163 Å². The SMILES string of the molecule is COc1cc2c3c(C)nn(CCN4CCOCC4)c(=O)c3n(C)c2cc1OC. The zero-order chi connectivity index (χ0) is 19.8. The number of hydrogen-bond acceptors (Lipinski definition) is 6. The number of rotatable bonds is 5. The van der Waals surface area contributed by atoms with Crippen molar-refractivity contribution in [2.45, 2.75) is 13.5 Å². The van der Waals surface area contributed by atoms with Crippen molar-refractivity contribution in [3.63, 3.8) is 0 Å². The minimum absolute atomic E-state index is 0.0782. The van der Waals surface area contributed by atoms with E-state index >= 15 is 0 Å². The van der Waals surface area contributed by atoms with Gasteiger partial charge in [-0.1, -0.05) is 0 Å². The van der Waals surface area contributed by atoms with Gasteiger partial charge in [-0.15, -0.1) is 0 Å². The zero-order valence-electron chi connectivity index (χ0n) is 16.8. The molecule has 1 saturated heterocycles. The van der Waals surface area contributed by atoms with Gasteiger partial charge in [-0.3, -0.25) is 9.69 Å². The molecule has 1 aliphatic heterocycles. The second kappa shape index (κ2) is 7.44. The predicted molar refractivity (Wildman–Crippen MR) is 108 cm³/mol. The Kier molecular flexibility index (Phi) is 4.99. The van der Waals surface area contributed by atoms with Crippen molar-refractivity contribution in [1.29, 1.82) is 0 Å². The lowest BCUT2D eigenvalue weighted by Gasteiger charge is -2.26. The second-order valence-electron chi connectivity index (χ2n) is 7.07. The smallest absolute Gasteiger partial charge is 0.291 e. The molecule has 0 aliphatic carbocycles. The first kappa shape index (κ1) is 18.8. The van der Waals surface area contributed by atoms with Crippen molar-refractivity contribution in [3.8, 4) is 11.5 Å². The molecule has 0 saturated carbocycles. The lowest BCUT2D eigenvalue weighted by molar-refractivity contribution is 0.0358. The normalized spacial score (nSPS) is 15.4. The summed E-state index contributed by atoms with van der Waals surface area (Å²) >= 11 is 0. The van der Waals surface area contributed by atoms with E-state index in [0.29, 0.717) is 23.6 Å². The minimum Gasteiger partial charge on any atom is -0.493 e. The largest absolute Gasteiger partial charge is 0.493 e. The van der Waals surface area contributed by atoms with Crippen LogP contribution in [0.1, 0.15) is 5.69 Å². The second-order valence-corrected chi connectivity index (χ2v) is 7.07. The third-order valence-corrected chi connectivity index (χ3v) is 5.51. The van der Waals surface area contributed by atoms with Gasteiger partial charge < -0.3 is 18.8 Å². The van der Waals surface area contributed by atoms with E-state index in [1.165, 1.54) is 0 Å². The molecule has 2 aromatic heterocycles. The monoisotopic (exact) mass is 386 g/mol. The van der Waals surface area contributed by atoms with Crippen LogP contribution in [0, 0.1) is 6.92 Å². The molecular formula is C20H26N4O4. The fraction of sp³-hybridized carbons (Fsp3) is 0.500. The summed E-state index contributed by atoms with van der Waals surface area (Å²) in [7, 11) is 5.13. The van der Waals surface area contributed by atoms with Crippen molar-refractivity contribution < 1.29 is 14.2 Å². The van der Waals surface area contributed by atoms with E-state index in [1.54, 1.807) is 18.9 Å². The summed E-state index contributed by atoms with van der Waals surface area (Å²) in [5.41, 5.74) is 2.32. The maximum atomic E-state index is 13.2. The van der Waals surface area contributed by atoms with Crippen molar-refractivity contribution in [2.75, 3.05) is 47.1 Å². The van der Waals surface area contributed by atoms with E-state index in [9.17, 15) is 4.79 Å². The fourth-order valence-electron chi connectivity index (χ4n) is 3.99. The highest BCUT2D eigenvalue weighted by molar-refractivity contribution is 6.09. The first-order chi connectivity index (χ1) is 13.5. The van der Waals surface area contributed by atoms with E-state index in [2.05, 4.69) is 10.00 Å². The van der Waals surface area contributed by atoms with Crippen molar-refractivity contribution in [1.82, 2.24) is 19.2 Å². The highest BCUT2D eigenvalue weighted by Crippen LogP contribution is 2.37. The Bertz CT molecular complexity index is 1080. The van der Waals surface area contributed by atoms with Gasteiger partial charge in [0.2, 0.25) is 0 Å². The lowest BCUT2D eigenvalue weighted by Crippen LogP contribution is -2.39. The number of aryl methyl sites for hydroxylation is 2. The maximum Gasteiger partial charge on any atom is 0.291 e. The minimum atomic E-state index is -0.0782. The van der Waals surface area contributed by atoms with Crippen LogP contribution in [-0.2, 0) is 18.3 Å². The van der Waals surface area contributed by atoms with E-state index in [-0.39, 0.29) is 5.56 Å². The van der Waals surface area contributed by atoms with Crippen molar-refractivity contribution in [2.24, 2.45) is 7.05 Å². The molecule has 3 aromatic rings. The molecule has 1 fully saturated rings. The summed E-state index contributed by atoms with van der Waals surface area (Å²) < 4.78 is 19.8. The molecule has 3 heterocycles. The molecule has 0 spiro atoms. The third kappa shape index (κ3) is 3.02. The van der Waals surface area contributed by atoms with Gasteiger partial charge in [-0.05, 0) is 13.0 Å². The van der Waals surface area contributed by atoms with Gasteiger partial charge in [0, 0.05) is 43.5 Å². The molecular weight excluding hydrogens is 360 g/mol. The Balaban J connectivity index is 1.83. The number of nitrogens with zero attached hydrogens (tertiary/aromatic N) is 4. The van der Waals surface area contributed by atoms with Gasteiger partial charge in [0.15, 0.2) is 11.5 Å². The molecule has 0 atom stereocenters. The number of aromatic nitrogens is 3. The topological polar surface area (TPSA) is 70.8 Å². The van der Waals surface area contributed by atoms with Crippen LogP contribution in [0.3, 0.4) is 0 Å². The number of morpholine rings is 1. The maximum absolute atomic E-state index is 13.2. The van der Waals surface area contributed by atoms with Crippen LogP contribution in [-0.4, -0.2) is 66.3 Å². The molecule has 0 unspecified atom stereocenters. The van der Waals surface area contributed by atoms with Gasteiger partial charge in [-0.2, -0.15) is 5.10 Å². The molecule has 1 aliphatic rings. The summed E-state index contributed by atoms with van der Waals surface area (Å²) in [6.45, 7) is 6.56. The molecule has 0 amide bonds. The van der Waals surface area contributed by atoms with Crippen LogP contribution in [0.4, 0.5) is 0 Å². The van der Waals surface area contributed by atoms with Gasteiger partial charge in [0.1, 0.15) is 5.52 Å². The van der Waals surface area contributed by atoms with Crippen LogP contribution in [0.5, 0.6) is 11.5 Å². The average Bonchev–Trinajstić information content (AvgIpc) is 3.01. The van der Waals surface area contributed by atoms with Crippen LogP contribution in [0.15, 0.2) is 16.9 Å². The summed E-state index contributed by atoms with van der Waals surface area (Å²) in [4.78, 5) is 15.5. The van der Waals surface area contributed by atoms with E-state index in [4.69, 9.17) is 14.2 Å². The highest BCUT2D eigenvalue weighted by Gasteiger charge is 2.20.